The van der Waals surface area contributed by atoms with Gasteiger partial charge in [-0.1, -0.05) is 74.5 Å². The molecule has 6 aromatic rings. The van der Waals surface area contributed by atoms with Gasteiger partial charge in [0.05, 0.1) is 33.4 Å². The van der Waals surface area contributed by atoms with Crippen LogP contribution >= 0.6 is 0 Å². The molecule has 0 fully saturated rings. The van der Waals surface area contributed by atoms with Gasteiger partial charge in [-0.05, 0) is 96.1 Å². The number of aromatic carboxylic acids is 4. The predicted molar refractivity (Wildman–Crippen MR) is 239 cm³/mol. The molecule has 16 nitrogen and oxygen atoms in total. The van der Waals surface area contributed by atoms with E-state index in [1.54, 1.807) is 84.9 Å². The minimum atomic E-state index is -1.50. The number of hydrogen-bond donors (Lipinski definition) is 4. The summed E-state index contributed by atoms with van der Waals surface area (Å²) in [4.78, 5) is 73.3. The Bertz CT molecular complexity index is 2530. The van der Waals surface area contributed by atoms with Crippen LogP contribution < -0.4 is 18.9 Å². The Hall–Kier alpha value is -8.66. The summed E-state index contributed by atoms with van der Waals surface area (Å²) in [7, 11) is 0. The fourth-order valence-electron chi connectivity index (χ4n) is 6.62. The molecule has 2 unspecified atom stereocenters. The van der Waals surface area contributed by atoms with Gasteiger partial charge in [-0.15, -0.1) is 0 Å². The molecular formula is C51H44O16. The van der Waals surface area contributed by atoms with E-state index in [2.05, 4.69) is 0 Å². The van der Waals surface area contributed by atoms with E-state index < -0.39 is 64.6 Å². The van der Waals surface area contributed by atoms with Crippen molar-refractivity contribution < 1.29 is 77.6 Å². The zero-order chi connectivity index (χ0) is 48.1. The molecule has 0 bridgehead atoms. The Labute approximate surface area is 383 Å². The molecule has 0 aliphatic rings. The summed E-state index contributed by atoms with van der Waals surface area (Å²) >= 11 is 0. The fourth-order valence-corrected chi connectivity index (χ4v) is 6.62. The highest BCUT2D eigenvalue weighted by molar-refractivity contribution is 6.05. The molecule has 0 aromatic heterocycles. The van der Waals surface area contributed by atoms with Gasteiger partial charge < -0.3 is 48.8 Å². The number of carboxylic acid groups (broad SMARTS) is 4. The van der Waals surface area contributed by atoms with E-state index in [0.717, 1.165) is 47.5 Å². The standard InChI is InChI=1S/C51H44O16/c1-51(2,33-15-19-37(20-16-33)64-29-39(27-62-35-9-5-3-6-10-35)66-49(60)41-23-13-31(45(52)53)25-43(41)47(56)57)34-17-21-38(22-18-34)65-30-40(28-63-36-11-7-4-8-12-36)67-50(61)42-24-14-32(46(54)55)26-44(42)48(58)59/h3-26,39-40H,27-30H2,1-2H3,(H,52,53)(H,54,55)(H,56,57)(H,58,59). The zero-order valence-corrected chi connectivity index (χ0v) is 36.0. The lowest BCUT2D eigenvalue weighted by Crippen LogP contribution is -2.31. The van der Waals surface area contributed by atoms with E-state index in [9.17, 15) is 49.2 Å². The maximum absolute atomic E-state index is 13.3. The SMILES string of the molecule is CC(C)(c1ccc(OCC(COc2ccccc2)OC(=O)c2ccc(C(=O)O)cc2C(=O)O)cc1)c1ccc(OCC(COc2ccccc2)OC(=O)c2ccc(C(=O)O)cc2C(=O)O)cc1. The van der Waals surface area contributed by atoms with Crippen molar-refractivity contribution >= 4 is 35.8 Å². The first kappa shape index (κ1) is 47.8. The Morgan fingerprint density at radius 3 is 1.01 bits per heavy atom. The Morgan fingerprint density at radius 1 is 0.403 bits per heavy atom. The minimum absolute atomic E-state index is 0.151. The maximum Gasteiger partial charge on any atom is 0.339 e. The second-order valence-electron chi connectivity index (χ2n) is 15.3. The molecule has 0 aliphatic heterocycles. The molecule has 0 saturated carbocycles. The number of esters is 2. The van der Waals surface area contributed by atoms with Crippen molar-refractivity contribution in [2.75, 3.05) is 26.4 Å². The van der Waals surface area contributed by atoms with Crippen LogP contribution in [0.5, 0.6) is 23.0 Å². The van der Waals surface area contributed by atoms with Crippen molar-refractivity contribution in [1.82, 2.24) is 0 Å². The van der Waals surface area contributed by atoms with Crippen LogP contribution in [0.4, 0.5) is 0 Å². The molecular weight excluding hydrogens is 869 g/mol. The number of carbonyl (C=O) groups excluding carboxylic acids is 2. The van der Waals surface area contributed by atoms with Crippen molar-refractivity contribution in [3.8, 4) is 23.0 Å². The van der Waals surface area contributed by atoms with Crippen LogP contribution in [0.15, 0.2) is 146 Å². The maximum atomic E-state index is 13.3. The number of hydrogen-bond acceptors (Lipinski definition) is 12. The van der Waals surface area contributed by atoms with E-state index in [-0.39, 0.29) is 48.7 Å². The predicted octanol–water partition coefficient (Wildman–Crippen LogP) is 8.17. The summed E-state index contributed by atoms with van der Waals surface area (Å²) in [6.45, 7) is 3.38. The molecule has 4 N–H and O–H groups in total. The van der Waals surface area contributed by atoms with Gasteiger partial charge in [-0.25, -0.2) is 28.8 Å². The highest BCUT2D eigenvalue weighted by Gasteiger charge is 2.27. The zero-order valence-electron chi connectivity index (χ0n) is 36.0. The van der Waals surface area contributed by atoms with Crippen molar-refractivity contribution in [3.05, 3.63) is 190 Å². The van der Waals surface area contributed by atoms with Gasteiger partial charge in [0.25, 0.3) is 0 Å². The topological polar surface area (TPSA) is 239 Å². The van der Waals surface area contributed by atoms with E-state index in [0.29, 0.717) is 23.0 Å². The molecule has 0 spiro atoms. The smallest absolute Gasteiger partial charge is 0.339 e. The molecule has 0 amide bonds. The summed E-state index contributed by atoms with van der Waals surface area (Å²) in [5.41, 5.74) is -1.06. The average Bonchev–Trinajstić information content (AvgIpc) is 3.33. The molecule has 6 aromatic carbocycles. The van der Waals surface area contributed by atoms with Crippen molar-refractivity contribution in [2.45, 2.75) is 31.5 Å². The third-order valence-corrected chi connectivity index (χ3v) is 10.4. The van der Waals surface area contributed by atoms with Gasteiger partial charge in [0, 0.05) is 5.41 Å². The van der Waals surface area contributed by atoms with Crippen LogP contribution in [0.1, 0.15) is 87.1 Å². The molecule has 0 saturated heterocycles. The number of rotatable bonds is 22. The van der Waals surface area contributed by atoms with Crippen molar-refractivity contribution in [1.29, 1.82) is 0 Å². The van der Waals surface area contributed by atoms with Crippen LogP contribution in [0.2, 0.25) is 0 Å². The first-order valence-electron chi connectivity index (χ1n) is 20.5. The van der Waals surface area contributed by atoms with Crippen LogP contribution in [0, 0.1) is 0 Å². The summed E-state index contributed by atoms with van der Waals surface area (Å²) in [6, 6.07) is 38.2. The second-order valence-corrected chi connectivity index (χ2v) is 15.3. The molecule has 0 radical (unpaired) electrons. The van der Waals surface area contributed by atoms with Gasteiger partial charge in [-0.3, -0.25) is 0 Å². The van der Waals surface area contributed by atoms with Crippen molar-refractivity contribution in [3.63, 3.8) is 0 Å². The van der Waals surface area contributed by atoms with Gasteiger partial charge in [0.1, 0.15) is 49.4 Å². The largest absolute Gasteiger partial charge is 0.490 e. The highest BCUT2D eigenvalue weighted by Crippen LogP contribution is 2.34. The van der Waals surface area contributed by atoms with Crippen LogP contribution in [-0.4, -0.2) is 94.9 Å². The average molecular weight is 913 g/mol. The first-order valence-corrected chi connectivity index (χ1v) is 20.5. The lowest BCUT2D eigenvalue weighted by molar-refractivity contribution is 0.00195. The second kappa shape index (κ2) is 21.8. The van der Waals surface area contributed by atoms with E-state index in [1.807, 2.05) is 38.1 Å². The summed E-state index contributed by atoms with van der Waals surface area (Å²) in [5, 5.41) is 38.0. The Kier molecular flexibility index (Phi) is 15.6. The normalized spacial score (nSPS) is 11.9. The van der Waals surface area contributed by atoms with Crippen LogP contribution in [0.25, 0.3) is 0 Å². The van der Waals surface area contributed by atoms with Crippen LogP contribution in [-0.2, 0) is 14.9 Å². The van der Waals surface area contributed by atoms with Gasteiger partial charge >= 0.3 is 35.8 Å². The lowest BCUT2D eigenvalue weighted by Gasteiger charge is -2.27. The number of carbonyl (C=O) groups is 6. The molecule has 2 atom stereocenters. The van der Waals surface area contributed by atoms with Gasteiger partial charge in [0.15, 0.2) is 12.2 Å². The molecule has 67 heavy (non-hydrogen) atoms. The molecule has 16 heteroatoms. The summed E-state index contributed by atoms with van der Waals surface area (Å²) < 4.78 is 35.0. The molecule has 6 rings (SSSR count). The first-order chi connectivity index (χ1) is 32.1. The van der Waals surface area contributed by atoms with Gasteiger partial charge in [0.2, 0.25) is 0 Å². The lowest BCUT2D eigenvalue weighted by atomic mass is 9.78. The van der Waals surface area contributed by atoms with Gasteiger partial charge in [-0.2, -0.15) is 0 Å². The monoisotopic (exact) mass is 912 g/mol. The number of benzene rings is 6. The quantitative estimate of drug-likeness (QED) is 0.0470. The highest BCUT2D eigenvalue weighted by atomic mass is 16.6. The van der Waals surface area contributed by atoms with Crippen molar-refractivity contribution in [2.24, 2.45) is 0 Å². The third kappa shape index (κ3) is 12.8. The van der Waals surface area contributed by atoms with E-state index >= 15 is 0 Å². The Morgan fingerprint density at radius 2 is 0.716 bits per heavy atom. The molecule has 0 aliphatic carbocycles. The fraction of sp³-hybridized carbons (Fsp3) is 0.176. The number of para-hydroxylation sites is 2. The number of ether oxygens (including phenoxy) is 6. The Balaban J connectivity index is 1.10. The summed E-state index contributed by atoms with van der Waals surface area (Å²) in [5.74, 6) is -5.88. The minimum Gasteiger partial charge on any atom is -0.490 e. The van der Waals surface area contributed by atoms with Crippen LogP contribution in [0.3, 0.4) is 0 Å². The molecule has 344 valence electrons. The van der Waals surface area contributed by atoms with E-state index in [1.165, 1.54) is 0 Å². The number of carboxylic acids is 4. The van der Waals surface area contributed by atoms with E-state index in [4.69, 9.17) is 28.4 Å². The molecule has 0 heterocycles. The third-order valence-electron chi connectivity index (χ3n) is 10.4. The summed E-state index contributed by atoms with van der Waals surface area (Å²) in [6.07, 6.45) is -2.04.